The summed E-state index contributed by atoms with van der Waals surface area (Å²) in [7, 11) is -3.49. The van der Waals surface area contributed by atoms with Crippen LogP contribution in [0, 0.1) is 6.92 Å². The first-order chi connectivity index (χ1) is 11.6. The Hall–Kier alpha value is -2.38. The smallest absolute Gasteiger partial charge is 0.437 e. The zero-order valence-electron chi connectivity index (χ0n) is 14.4. The lowest BCUT2D eigenvalue weighted by Gasteiger charge is -2.27. The topological polar surface area (TPSA) is 89.9 Å². The fourth-order valence-electron chi connectivity index (χ4n) is 2.45. The van der Waals surface area contributed by atoms with Gasteiger partial charge in [-0.25, -0.2) is 4.79 Å². The van der Waals surface area contributed by atoms with Gasteiger partial charge in [0.05, 0.1) is 7.11 Å². The molecular weight excluding hydrogens is 344 g/mol. The predicted molar refractivity (Wildman–Crippen MR) is 92.6 cm³/mol. The number of carbonyl (C=O) groups is 1. The highest BCUT2D eigenvalue weighted by molar-refractivity contribution is 7.86. The molecule has 0 fully saturated rings. The van der Waals surface area contributed by atoms with E-state index in [4.69, 9.17) is 4.74 Å². The van der Waals surface area contributed by atoms with Crippen LogP contribution in [0.1, 0.15) is 30.5 Å². The minimum absolute atomic E-state index is 0.294. The van der Waals surface area contributed by atoms with Crippen LogP contribution in [-0.4, -0.2) is 26.2 Å². The highest BCUT2D eigenvalue weighted by Gasteiger charge is 2.27. The van der Waals surface area contributed by atoms with E-state index in [0.29, 0.717) is 5.56 Å². The van der Waals surface area contributed by atoms with Crippen molar-refractivity contribution in [2.24, 2.45) is 0 Å². The molecule has 0 radical (unpaired) electrons. The van der Waals surface area contributed by atoms with Crippen molar-refractivity contribution in [1.29, 1.82) is 0 Å². The lowest BCUT2D eigenvalue weighted by Crippen LogP contribution is -2.20. The molecule has 0 unspecified atom stereocenters. The van der Waals surface area contributed by atoms with Crippen molar-refractivity contribution in [3.63, 3.8) is 0 Å². The van der Waals surface area contributed by atoms with E-state index in [-0.39, 0.29) is 5.75 Å². The largest absolute Gasteiger partial charge is 0.513 e. The van der Waals surface area contributed by atoms with E-state index < -0.39 is 26.6 Å². The van der Waals surface area contributed by atoms with E-state index >= 15 is 0 Å². The number of hydrogen-bond acceptors (Lipinski definition) is 5. The summed E-state index contributed by atoms with van der Waals surface area (Å²) < 4.78 is 42.1. The summed E-state index contributed by atoms with van der Waals surface area (Å²) in [5, 5.41) is 0. The molecule has 0 aliphatic rings. The second-order valence-electron chi connectivity index (χ2n) is 6.18. The summed E-state index contributed by atoms with van der Waals surface area (Å²) in [5.74, 6) is -0.294. The molecule has 0 saturated heterocycles. The normalized spacial score (nSPS) is 11.9. The van der Waals surface area contributed by atoms with E-state index in [2.05, 4.69) is 4.74 Å². The van der Waals surface area contributed by atoms with Crippen LogP contribution >= 0.6 is 0 Å². The zero-order chi connectivity index (χ0) is 18.8. The van der Waals surface area contributed by atoms with Crippen LogP contribution in [0.3, 0.4) is 0 Å². The molecule has 0 atom stereocenters. The van der Waals surface area contributed by atoms with Crippen LogP contribution in [0.2, 0.25) is 0 Å². The average Bonchev–Trinajstić information content (AvgIpc) is 2.54. The van der Waals surface area contributed by atoms with Crippen molar-refractivity contribution in [3.8, 4) is 5.75 Å². The van der Waals surface area contributed by atoms with Gasteiger partial charge in [-0.1, -0.05) is 49.7 Å². The number of benzene rings is 2. The molecule has 0 saturated carbocycles. The van der Waals surface area contributed by atoms with Crippen LogP contribution in [0.15, 0.2) is 47.4 Å². The average molecular weight is 364 g/mol. The van der Waals surface area contributed by atoms with Gasteiger partial charge in [0.2, 0.25) is 0 Å². The summed E-state index contributed by atoms with van der Waals surface area (Å²) >= 11 is 0. The molecule has 6 nitrogen and oxygen atoms in total. The third-order valence-electron chi connectivity index (χ3n) is 4.08. The zero-order valence-corrected chi connectivity index (χ0v) is 15.3. The molecule has 2 aromatic carbocycles. The van der Waals surface area contributed by atoms with Gasteiger partial charge >= 0.3 is 6.16 Å². The Morgan fingerprint density at radius 2 is 1.60 bits per heavy atom. The number of hydrogen-bond donors (Lipinski definition) is 1. The first-order valence-corrected chi connectivity index (χ1v) is 8.94. The lowest BCUT2D eigenvalue weighted by atomic mass is 9.78. The Morgan fingerprint density at radius 1 is 1.04 bits per heavy atom. The number of aryl methyl sites for hydroxylation is 1. The summed E-state index contributed by atoms with van der Waals surface area (Å²) in [6.45, 7) is 5.84. The molecule has 0 aliphatic carbocycles. The molecule has 2 rings (SSSR count). The van der Waals surface area contributed by atoms with Gasteiger partial charge < -0.3 is 9.47 Å². The minimum atomic E-state index is -4.59. The van der Waals surface area contributed by atoms with Gasteiger partial charge in [-0.3, -0.25) is 4.55 Å². The molecule has 25 heavy (non-hydrogen) atoms. The third-order valence-corrected chi connectivity index (χ3v) is 4.95. The number of rotatable bonds is 4. The fourth-order valence-corrected chi connectivity index (χ4v) is 3.09. The van der Waals surface area contributed by atoms with Crippen LogP contribution in [-0.2, 0) is 20.3 Å². The summed E-state index contributed by atoms with van der Waals surface area (Å²) in [4.78, 5) is 10.8. The number of carbonyl (C=O) groups excluding carboxylic acids is 1. The number of ether oxygens (including phenoxy) is 2. The Labute approximate surface area is 147 Å². The standard InChI is InChI=1S/C18H20O6S/c1-12-5-7-13(8-6-12)18(2,3)14-9-10-15(24-17(19)23-4)16(11-14)25(20,21)22/h5-11H,1-4H3,(H,20,21,22). The van der Waals surface area contributed by atoms with Crippen LogP contribution in [0.4, 0.5) is 4.79 Å². The van der Waals surface area contributed by atoms with Crippen LogP contribution in [0.25, 0.3) is 0 Å². The van der Waals surface area contributed by atoms with Crippen molar-refractivity contribution in [2.45, 2.75) is 31.1 Å². The second kappa shape index (κ2) is 6.85. The van der Waals surface area contributed by atoms with Crippen LogP contribution in [0.5, 0.6) is 5.75 Å². The van der Waals surface area contributed by atoms with Gasteiger partial charge in [-0.2, -0.15) is 8.42 Å². The maximum atomic E-state index is 11.7. The summed E-state index contributed by atoms with van der Waals surface area (Å²) in [5.41, 5.74) is 2.19. The fraction of sp³-hybridized carbons (Fsp3) is 0.278. The highest BCUT2D eigenvalue weighted by atomic mass is 32.2. The molecule has 7 heteroatoms. The van der Waals surface area contributed by atoms with Gasteiger partial charge in [0.15, 0.2) is 5.75 Å². The molecule has 0 amide bonds. The Kier molecular flexibility index (Phi) is 5.20. The van der Waals surface area contributed by atoms with Gasteiger partial charge in [0, 0.05) is 5.41 Å². The quantitative estimate of drug-likeness (QED) is 0.505. The predicted octanol–water partition coefficient (Wildman–Crippen LogP) is 3.71. The van der Waals surface area contributed by atoms with E-state index in [9.17, 15) is 17.8 Å². The van der Waals surface area contributed by atoms with E-state index in [1.54, 1.807) is 6.07 Å². The maximum absolute atomic E-state index is 11.7. The highest BCUT2D eigenvalue weighted by Crippen LogP contribution is 2.35. The third kappa shape index (κ3) is 4.18. The monoisotopic (exact) mass is 364 g/mol. The van der Waals surface area contributed by atoms with Gasteiger partial charge in [0.25, 0.3) is 10.1 Å². The first-order valence-electron chi connectivity index (χ1n) is 7.50. The van der Waals surface area contributed by atoms with Crippen molar-refractivity contribution in [1.82, 2.24) is 0 Å². The van der Waals surface area contributed by atoms with E-state index in [1.807, 2.05) is 45.0 Å². The van der Waals surface area contributed by atoms with Gasteiger partial charge in [-0.05, 0) is 30.2 Å². The van der Waals surface area contributed by atoms with Crippen LogP contribution < -0.4 is 4.74 Å². The van der Waals surface area contributed by atoms with E-state index in [0.717, 1.165) is 18.2 Å². The molecular formula is C18H20O6S. The second-order valence-corrected chi connectivity index (χ2v) is 7.57. The molecule has 2 aromatic rings. The Bertz CT molecular complexity index is 882. The van der Waals surface area contributed by atoms with Gasteiger partial charge in [-0.15, -0.1) is 0 Å². The summed E-state index contributed by atoms with van der Waals surface area (Å²) in [6.07, 6.45) is -1.07. The molecule has 0 aliphatic heterocycles. The maximum Gasteiger partial charge on any atom is 0.513 e. The molecule has 134 valence electrons. The molecule has 0 heterocycles. The Balaban J connectivity index is 2.56. The number of methoxy groups -OCH3 is 1. The van der Waals surface area contributed by atoms with Crippen molar-refractivity contribution in [2.75, 3.05) is 7.11 Å². The molecule has 0 aromatic heterocycles. The lowest BCUT2D eigenvalue weighted by molar-refractivity contribution is 0.120. The SMILES string of the molecule is COC(=O)Oc1ccc(C(C)(C)c2ccc(C)cc2)cc1S(=O)(=O)O. The van der Waals surface area contributed by atoms with Crippen molar-refractivity contribution in [3.05, 3.63) is 59.2 Å². The minimum Gasteiger partial charge on any atom is -0.437 e. The van der Waals surface area contributed by atoms with Crippen molar-refractivity contribution < 1.29 is 27.2 Å². The Morgan fingerprint density at radius 3 is 2.12 bits per heavy atom. The molecule has 1 N–H and O–H groups in total. The molecule has 0 spiro atoms. The summed E-state index contributed by atoms with van der Waals surface area (Å²) in [6, 6.07) is 12.1. The molecule has 0 bridgehead atoms. The van der Waals surface area contributed by atoms with E-state index in [1.165, 1.54) is 12.1 Å². The van der Waals surface area contributed by atoms with Crippen molar-refractivity contribution >= 4 is 16.3 Å². The first kappa shape index (κ1) is 19.0. The van der Waals surface area contributed by atoms with Gasteiger partial charge in [0.1, 0.15) is 4.90 Å².